The monoisotopic (exact) mass is 540 g/mol. The first-order valence-corrected chi connectivity index (χ1v) is 11.5. The zero-order valence-electron chi connectivity index (χ0n) is 17.8. The van der Waals surface area contributed by atoms with Crippen LogP contribution in [0.3, 0.4) is 0 Å². The van der Waals surface area contributed by atoms with E-state index in [1.807, 2.05) is 0 Å². The van der Waals surface area contributed by atoms with Crippen LogP contribution in [0.15, 0.2) is 76.1 Å². The van der Waals surface area contributed by atoms with Gasteiger partial charge in [-0.2, -0.15) is 0 Å². The number of hydrogen-bond donors (Lipinski definition) is 0. The molecule has 3 aromatic rings. The summed E-state index contributed by atoms with van der Waals surface area (Å²) in [4.78, 5) is 37.5. The van der Waals surface area contributed by atoms with E-state index < -0.39 is 16.1 Å². The van der Waals surface area contributed by atoms with Crippen LogP contribution in [-0.4, -0.2) is 23.2 Å². The summed E-state index contributed by atoms with van der Waals surface area (Å²) in [6.45, 7) is 0.170. The number of benzene rings is 3. The summed E-state index contributed by atoms with van der Waals surface area (Å²) in [6, 6.07) is 18.2. The third-order valence-electron chi connectivity index (χ3n) is 4.92. The number of nitro groups is 1. The molecule has 0 atom stereocenters. The number of amides is 2. The van der Waals surface area contributed by atoms with Crippen LogP contribution >= 0.6 is 27.7 Å². The predicted octanol–water partition coefficient (Wildman–Crippen LogP) is 6.19. The molecule has 0 saturated carbocycles. The quantitative estimate of drug-likeness (QED) is 0.200. The third-order valence-corrected chi connectivity index (χ3v) is 6.28. The van der Waals surface area contributed by atoms with Gasteiger partial charge in [-0.05, 0) is 65.9 Å². The van der Waals surface area contributed by atoms with Gasteiger partial charge in [0.1, 0.15) is 18.1 Å². The van der Waals surface area contributed by atoms with Gasteiger partial charge in [-0.1, -0.05) is 28.1 Å². The number of anilines is 1. The Labute approximate surface area is 207 Å². The number of nitro benzene ring substituents is 1. The number of para-hydroxylation sites is 2. The van der Waals surface area contributed by atoms with E-state index in [1.165, 1.54) is 19.2 Å². The zero-order chi connectivity index (χ0) is 24.2. The van der Waals surface area contributed by atoms with E-state index in [0.717, 1.165) is 26.7 Å². The summed E-state index contributed by atoms with van der Waals surface area (Å²) in [5.41, 5.74) is 1.72. The molecule has 1 heterocycles. The molecule has 0 unspecified atom stereocenters. The van der Waals surface area contributed by atoms with Gasteiger partial charge in [0.2, 0.25) is 0 Å². The van der Waals surface area contributed by atoms with Gasteiger partial charge in [-0.3, -0.25) is 19.7 Å². The molecule has 34 heavy (non-hydrogen) atoms. The minimum Gasteiger partial charge on any atom is -0.495 e. The van der Waals surface area contributed by atoms with Gasteiger partial charge < -0.3 is 9.47 Å². The summed E-state index contributed by atoms with van der Waals surface area (Å²) < 4.78 is 12.0. The number of carbonyl (C=O) groups excluding carboxylic acids is 2. The Kier molecular flexibility index (Phi) is 6.99. The number of methoxy groups -OCH3 is 1. The molecule has 1 saturated heterocycles. The number of nitrogens with zero attached hydrogens (tertiary/aromatic N) is 2. The Morgan fingerprint density at radius 2 is 1.79 bits per heavy atom. The van der Waals surface area contributed by atoms with E-state index in [2.05, 4.69) is 15.9 Å². The van der Waals surface area contributed by atoms with Gasteiger partial charge in [-0.25, -0.2) is 4.90 Å². The number of halogens is 1. The molecule has 1 aliphatic heterocycles. The molecule has 0 N–H and O–H groups in total. The molecule has 4 rings (SSSR count). The molecular formula is C24H17BrN2O6S. The summed E-state index contributed by atoms with van der Waals surface area (Å²) in [5, 5.41) is 10.4. The van der Waals surface area contributed by atoms with Crippen molar-refractivity contribution in [1.82, 2.24) is 0 Å². The first-order chi connectivity index (χ1) is 16.4. The summed E-state index contributed by atoms with van der Waals surface area (Å²) in [5.74, 6) is 0.451. The van der Waals surface area contributed by atoms with Crippen molar-refractivity contribution in [1.29, 1.82) is 0 Å². The molecule has 172 valence electrons. The lowest BCUT2D eigenvalue weighted by atomic mass is 10.1. The van der Waals surface area contributed by atoms with E-state index in [-0.39, 0.29) is 17.2 Å². The number of hydrogen-bond acceptors (Lipinski definition) is 7. The smallest absolute Gasteiger partial charge is 0.298 e. The number of ether oxygens (including phenoxy) is 2. The molecule has 8 nitrogen and oxygen atoms in total. The Morgan fingerprint density at radius 3 is 2.50 bits per heavy atom. The summed E-state index contributed by atoms with van der Waals surface area (Å²) >= 11 is 4.26. The van der Waals surface area contributed by atoms with Crippen LogP contribution in [0, 0.1) is 10.1 Å². The summed E-state index contributed by atoms with van der Waals surface area (Å²) in [7, 11) is 1.48. The fraction of sp³-hybridized carbons (Fsp3) is 0.0833. The number of imide groups is 1. The standard InChI is InChI=1S/C24H17BrN2O6S/c1-32-21-5-3-2-4-19(21)26-23(28)22(34-24(26)29)13-16-12-17(25)8-11-20(16)33-14-15-6-9-18(10-7-15)27(30)31/h2-13H,14H2,1H3/b22-13-. The van der Waals surface area contributed by atoms with Crippen molar-refractivity contribution in [3.05, 3.63) is 97.3 Å². The molecule has 2 amide bonds. The maximum Gasteiger partial charge on any atom is 0.298 e. The van der Waals surface area contributed by atoms with Crippen LogP contribution < -0.4 is 14.4 Å². The maximum atomic E-state index is 13.1. The van der Waals surface area contributed by atoms with E-state index in [1.54, 1.807) is 60.7 Å². The van der Waals surface area contributed by atoms with Crippen LogP contribution in [0.1, 0.15) is 11.1 Å². The Morgan fingerprint density at radius 1 is 1.06 bits per heavy atom. The lowest BCUT2D eigenvalue weighted by Gasteiger charge is -2.15. The third kappa shape index (κ3) is 4.97. The Hall–Kier alpha value is -3.63. The highest BCUT2D eigenvalue weighted by atomic mass is 79.9. The predicted molar refractivity (Wildman–Crippen MR) is 133 cm³/mol. The summed E-state index contributed by atoms with van der Waals surface area (Å²) in [6.07, 6.45) is 1.61. The van der Waals surface area contributed by atoms with Crippen LogP contribution in [0.5, 0.6) is 11.5 Å². The van der Waals surface area contributed by atoms with Crippen LogP contribution in [0.2, 0.25) is 0 Å². The van der Waals surface area contributed by atoms with Crippen LogP contribution in [0.25, 0.3) is 6.08 Å². The van der Waals surface area contributed by atoms with Crippen molar-refractivity contribution in [3.63, 3.8) is 0 Å². The average Bonchev–Trinajstić information content (AvgIpc) is 3.11. The lowest BCUT2D eigenvalue weighted by molar-refractivity contribution is -0.384. The molecule has 0 aliphatic carbocycles. The lowest BCUT2D eigenvalue weighted by Crippen LogP contribution is -2.28. The second-order valence-electron chi connectivity index (χ2n) is 7.08. The van der Waals surface area contributed by atoms with Gasteiger partial charge in [0, 0.05) is 22.2 Å². The van der Waals surface area contributed by atoms with Gasteiger partial charge in [0.05, 0.1) is 22.6 Å². The van der Waals surface area contributed by atoms with E-state index in [0.29, 0.717) is 22.7 Å². The van der Waals surface area contributed by atoms with Gasteiger partial charge >= 0.3 is 0 Å². The highest BCUT2D eigenvalue weighted by Crippen LogP contribution is 2.40. The second-order valence-corrected chi connectivity index (χ2v) is 8.99. The maximum absolute atomic E-state index is 13.1. The minimum atomic E-state index is -0.463. The van der Waals surface area contributed by atoms with Crippen molar-refractivity contribution in [2.45, 2.75) is 6.61 Å². The SMILES string of the molecule is COc1ccccc1N1C(=O)S/C(=C\c2cc(Br)ccc2OCc2ccc([N+](=O)[O-])cc2)C1=O. The molecule has 0 bridgehead atoms. The van der Waals surface area contributed by atoms with Gasteiger partial charge in [0.15, 0.2) is 0 Å². The van der Waals surface area contributed by atoms with Gasteiger partial charge in [0.25, 0.3) is 16.8 Å². The topological polar surface area (TPSA) is 99.0 Å². The van der Waals surface area contributed by atoms with Crippen molar-refractivity contribution >= 4 is 56.3 Å². The average molecular weight is 541 g/mol. The number of carbonyl (C=O) groups is 2. The molecular weight excluding hydrogens is 524 g/mol. The molecule has 1 fully saturated rings. The van der Waals surface area contributed by atoms with E-state index in [4.69, 9.17) is 9.47 Å². The van der Waals surface area contributed by atoms with Crippen molar-refractivity contribution in [3.8, 4) is 11.5 Å². The molecule has 0 aromatic heterocycles. The molecule has 10 heteroatoms. The normalized spacial score (nSPS) is 14.5. The van der Waals surface area contributed by atoms with Crippen molar-refractivity contribution < 1.29 is 24.0 Å². The van der Waals surface area contributed by atoms with Crippen molar-refractivity contribution in [2.24, 2.45) is 0 Å². The number of thioether (sulfide) groups is 1. The first-order valence-electron chi connectivity index (χ1n) is 9.94. The van der Waals surface area contributed by atoms with Gasteiger partial charge in [-0.15, -0.1) is 0 Å². The number of non-ortho nitro benzene ring substituents is 1. The van der Waals surface area contributed by atoms with Crippen LogP contribution in [0.4, 0.5) is 16.2 Å². The van der Waals surface area contributed by atoms with Crippen LogP contribution in [-0.2, 0) is 11.4 Å². The van der Waals surface area contributed by atoms with E-state index in [9.17, 15) is 19.7 Å². The molecule has 0 radical (unpaired) electrons. The number of rotatable bonds is 7. The fourth-order valence-electron chi connectivity index (χ4n) is 3.27. The largest absolute Gasteiger partial charge is 0.495 e. The first kappa shape index (κ1) is 23.5. The molecule has 3 aromatic carbocycles. The Balaban J connectivity index is 1.59. The highest BCUT2D eigenvalue weighted by Gasteiger charge is 2.37. The fourth-order valence-corrected chi connectivity index (χ4v) is 4.47. The zero-order valence-corrected chi connectivity index (χ0v) is 20.2. The minimum absolute atomic E-state index is 0.00106. The highest BCUT2D eigenvalue weighted by molar-refractivity contribution is 9.10. The Bertz CT molecular complexity index is 1310. The van der Waals surface area contributed by atoms with Crippen molar-refractivity contribution in [2.75, 3.05) is 12.0 Å². The van der Waals surface area contributed by atoms with E-state index >= 15 is 0 Å². The molecule has 1 aliphatic rings. The molecule has 0 spiro atoms. The second kappa shape index (κ2) is 10.1.